The van der Waals surface area contributed by atoms with Gasteiger partial charge >= 0.3 is 0 Å². The Hall–Kier alpha value is -2.31. The first-order chi connectivity index (χ1) is 8.58. The minimum absolute atomic E-state index is 0.0207. The van der Waals surface area contributed by atoms with Crippen LogP contribution in [0.2, 0.25) is 0 Å². The molecule has 0 spiro atoms. The largest absolute Gasteiger partial charge is 0.393 e. The third kappa shape index (κ3) is 2.50. The van der Waals surface area contributed by atoms with Gasteiger partial charge in [-0.15, -0.1) is 0 Å². The van der Waals surface area contributed by atoms with Crippen molar-refractivity contribution in [3.05, 3.63) is 28.3 Å². The van der Waals surface area contributed by atoms with Gasteiger partial charge in [0.1, 0.15) is 5.69 Å². The van der Waals surface area contributed by atoms with Gasteiger partial charge in [-0.3, -0.25) is 14.9 Å². The van der Waals surface area contributed by atoms with Crippen LogP contribution < -0.4 is 16.0 Å². The van der Waals surface area contributed by atoms with Gasteiger partial charge in [0, 0.05) is 37.8 Å². The Balaban J connectivity index is 2.20. The number of nitro benzene ring substituents is 1. The molecule has 18 heavy (non-hydrogen) atoms. The van der Waals surface area contributed by atoms with E-state index in [2.05, 4.69) is 5.32 Å². The summed E-state index contributed by atoms with van der Waals surface area (Å²) in [6.45, 7) is 1.82. The molecule has 1 heterocycles. The number of hydrogen-bond acceptors (Lipinski definition) is 5. The lowest BCUT2D eigenvalue weighted by Gasteiger charge is -2.21. The zero-order valence-electron chi connectivity index (χ0n) is 9.76. The average molecular weight is 250 g/mol. The average Bonchev–Trinajstić information content (AvgIpc) is 2.53. The molecule has 7 nitrogen and oxygen atoms in total. The molecule has 96 valence electrons. The van der Waals surface area contributed by atoms with E-state index in [1.54, 1.807) is 12.1 Å². The number of nitrogen functional groups attached to an aromatic ring is 1. The zero-order valence-corrected chi connectivity index (χ0v) is 9.76. The lowest BCUT2D eigenvalue weighted by atomic mass is 10.2. The van der Waals surface area contributed by atoms with Crippen LogP contribution in [0.3, 0.4) is 0 Å². The molecule has 1 fully saturated rings. The van der Waals surface area contributed by atoms with E-state index in [4.69, 9.17) is 5.73 Å². The normalized spacial score (nSPS) is 16.0. The molecule has 7 heteroatoms. The third-order valence-electron chi connectivity index (χ3n) is 2.89. The lowest BCUT2D eigenvalue weighted by Crippen LogP contribution is -2.28. The highest BCUT2D eigenvalue weighted by molar-refractivity contribution is 5.77. The van der Waals surface area contributed by atoms with Gasteiger partial charge in [-0.05, 0) is 12.1 Å². The van der Waals surface area contributed by atoms with E-state index in [-0.39, 0.29) is 17.3 Å². The summed E-state index contributed by atoms with van der Waals surface area (Å²) in [6.07, 6.45) is 0.414. The molecule has 1 aromatic rings. The van der Waals surface area contributed by atoms with Crippen molar-refractivity contribution in [2.24, 2.45) is 0 Å². The molecule has 0 aliphatic carbocycles. The summed E-state index contributed by atoms with van der Waals surface area (Å²) < 4.78 is 0. The number of nitrogens with two attached hydrogens (primary N) is 1. The Morgan fingerprint density at radius 2 is 2.17 bits per heavy atom. The highest BCUT2D eigenvalue weighted by Gasteiger charge is 2.17. The number of nitrogens with zero attached hydrogens (tertiary/aromatic N) is 2. The fourth-order valence-electron chi connectivity index (χ4n) is 1.93. The fourth-order valence-corrected chi connectivity index (χ4v) is 1.93. The standard InChI is InChI=1S/C11H14N4O3/c12-9-7-8(1-2-10(9)15(17)18)14-5-3-11(16)13-4-6-14/h1-2,7H,3-6,12H2,(H,13,16). The van der Waals surface area contributed by atoms with E-state index in [9.17, 15) is 14.9 Å². The number of rotatable bonds is 2. The van der Waals surface area contributed by atoms with Crippen molar-refractivity contribution >= 4 is 23.0 Å². The van der Waals surface area contributed by atoms with Gasteiger partial charge in [0.05, 0.1) is 4.92 Å². The molecule has 1 amide bonds. The topological polar surface area (TPSA) is 102 Å². The second kappa shape index (κ2) is 4.91. The molecule has 0 radical (unpaired) electrons. The van der Waals surface area contributed by atoms with Crippen molar-refractivity contribution in [1.82, 2.24) is 5.32 Å². The van der Waals surface area contributed by atoms with Crippen LogP contribution in [-0.4, -0.2) is 30.5 Å². The number of carbonyl (C=O) groups is 1. The Morgan fingerprint density at radius 1 is 1.39 bits per heavy atom. The third-order valence-corrected chi connectivity index (χ3v) is 2.89. The summed E-state index contributed by atoms with van der Waals surface area (Å²) in [5.74, 6) is 0.0207. The Labute approximate surface area is 104 Å². The molecular formula is C11H14N4O3. The van der Waals surface area contributed by atoms with Crippen LogP contribution in [-0.2, 0) is 4.79 Å². The number of amides is 1. The van der Waals surface area contributed by atoms with Crippen LogP contribution in [0.15, 0.2) is 18.2 Å². The van der Waals surface area contributed by atoms with Crippen LogP contribution in [0, 0.1) is 10.1 Å². The van der Waals surface area contributed by atoms with Crippen LogP contribution in [0.25, 0.3) is 0 Å². The zero-order chi connectivity index (χ0) is 13.1. The number of hydrogen-bond donors (Lipinski definition) is 2. The predicted molar refractivity (Wildman–Crippen MR) is 67.3 cm³/mol. The highest BCUT2D eigenvalue weighted by Crippen LogP contribution is 2.27. The minimum Gasteiger partial charge on any atom is -0.393 e. The molecule has 0 aromatic heterocycles. The molecule has 1 aliphatic rings. The summed E-state index contributed by atoms with van der Waals surface area (Å²) in [7, 11) is 0. The van der Waals surface area contributed by atoms with Crippen molar-refractivity contribution in [3.63, 3.8) is 0 Å². The molecular weight excluding hydrogens is 236 g/mol. The van der Waals surface area contributed by atoms with E-state index in [0.29, 0.717) is 26.1 Å². The smallest absolute Gasteiger partial charge is 0.292 e. The van der Waals surface area contributed by atoms with Crippen LogP contribution in [0.5, 0.6) is 0 Å². The number of anilines is 2. The van der Waals surface area contributed by atoms with E-state index >= 15 is 0 Å². The van der Waals surface area contributed by atoms with E-state index in [1.165, 1.54) is 6.07 Å². The maximum absolute atomic E-state index is 11.2. The van der Waals surface area contributed by atoms with Gasteiger partial charge in [-0.2, -0.15) is 0 Å². The highest BCUT2D eigenvalue weighted by atomic mass is 16.6. The summed E-state index contributed by atoms with van der Waals surface area (Å²) >= 11 is 0. The second-order valence-electron chi connectivity index (χ2n) is 4.09. The maximum atomic E-state index is 11.2. The number of nitro groups is 1. The van der Waals surface area contributed by atoms with E-state index in [0.717, 1.165) is 5.69 Å². The van der Waals surface area contributed by atoms with Gasteiger partial charge in [0.15, 0.2) is 0 Å². The van der Waals surface area contributed by atoms with Gasteiger partial charge in [0.25, 0.3) is 5.69 Å². The first kappa shape index (κ1) is 12.2. The van der Waals surface area contributed by atoms with Gasteiger partial charge in [0.2, 0.25) is 5.91 Å². The van der Waals surface area contributed by atoms with Crippen LogP contribution in [0.1, 0.15) is 6.42 Å². The number of carbonyl (C=O) groups excluding carboxylic acids is 1. The lowest BCUT2D eigenvalue weighted by molar-refractivity contribution is -0.383. The van der Waals surface area contributed by atoms with Crippen molar-refractivity contribution in [3.8, 4) is 0 Å². The van der Waals surface area contributed by atoms with Crippen molar-refractivity contribution in [2.75, 3.05) is 30.3 Å². The maximum Gasteiger partial charge on any atom is 0.292 e. The van der Waals surface area contributed by atoms with Crippen LogP contribution >= 0.6 is 0 Å². The van der Waals surface area contributed by atoms with E-state index in [1.807, 2.05) is 4.90 Å². The number of benzene rings is 1. The number of nitrogens with one attached hydrogen (secondary N) is 1. The summed E-state index contributed by atoms with van der Waals surface area (Å²) in [6, 6.07) is 4.63. The molecule has 1 aliphatic heterocycles. The quantitative estimate of drug-likeness (QED) is 0.452. The van der Waals surface area contributed by atoms with E-state index < -0.39 is 4.92 Å². The molecule has 0 saturated carbocycles. The second-order valence-corrected chi connectivity index (χ2v) is 4.09. The molecule has 0 bridgehead atoms. The molecule has 2 rings (SSSR count). The van der Waals surface area contributed by atoms with Crippen molar-refractivity contribution in [2.45, 2.75) is 6.42 Å². The summed E-state index contributed by atoms with van der Waals surface area (Å²) in [4.78, 5) is 23.4. The Bertz CT molecular complexity index is 489. The van der Waals surface area contributed by atoms with Crippen molar-refractivity contribution in [1.29, 1.82) is 0 Å². The molecule has 0 atom stereocenters. The molecule has 0 unspecified atom stereocenters. The Kier molecular flexibility index (Phi) is 3.31. The summed E-state index contributed by atoms with van der Waals surface area (Å²) in [5.41, 5.74) is 6.49. The molecule has 1 saturated heterocycles. The Morgan fingerprint density at radius 3 is 2.83 bits per heavy atom. The minimum atomic E-state index is -0.507. The van der Waals surface area contributed by atoms with Crippen LogP contribution in [0.4, 0.5) is 17.1 Å². The first-order valence-electron chi connectivity index (χ1n) is 5.63. The van der Waals surface area contributed by atoms with Gasteiger partial charge < -0.3 is 16.0 Å². The van der Waals surface area contributed by atoms with Gasteiger partial charge in [-0.25, -0.2) is 0 Å². The first-order valence-corrected chi connectivity index (χ1v) is 5.63. The molecule has 1 aromatic carbocycles. The molecule has 3 N–H and O–H groups in total. The SMILES string of the molecule is Nc1cc(N2CCNC(=O)CC2)ccc1[N+](=O)[O-]. The fraction of sp³-hybridized carbons (Fsp3) is 0.364. The predicted octanol–water partition coefficient (Wildman–Crippen LogP) is 0.503. The monoisotopic (exact) mass is 250 g/mol. The van der Waals surface area contributed by atoms with Gasteiger partial charge in [-0.1, -0.05) is 0 Å². The summed E-state index contributed by atoms with van der Waals surface area (Å²) in [5, 5.41) is 13.4. The van der Waals surface area contributed by atoms with Crippen molar-refractivity contribution < 1.29 is 9.72 Å².